The van der Waals surface area contributed by atoms with E-state index >= 15 is 0 Å². The third-order valence-electron chi connectivity index (χ3n) is 4.43. The predicted octanol–water partition coefficient (Wildman–Crippen LogP) is 3.42. The summed E-state index contributed by atoms with van der Waals surface area (Å²) in [4.78, 5) is 2.56. The topological polar surface area (TPSA) is 29.3 Å². The number of anilines is 1. The first-order valence-corrected chi connectivity index (χ1v) is 7.24. The van der Waals surface area contributed by atoms with Gasteiger partial charge in [-0.1, -0.05) is 17.7 Å². The number of rotatable bonds is 1. The molecule has 18 heavy (non-hydrogen) atoms. The third-order valence-corrected chi connectivity index (χ3v) is 4.71. The standard InChI is InChI=1S/C15H21ClN2/c1-9-5-10(2)15(14(16)6-9)18-12-3-4-13(18)8-11(17)7-12/h5-6,11-13H,3-4,7-8,17H2,1-2H3. The average Bonchev–Trinajstić information content (AvgIpc) is 2.53. The van der Waals surface area contributed by atoms with Crippen LogP contribution in [0, 0.1) is 13.8 Å². The van der Waals surface area contributed by atoms with E-state index in [0.717, 1.165) is 17.9 Å². The average molecular weight is 265 g/mol. The number of benzene rings is 1. The van der Waals surface area contributed by atoms with E-state index < -0.39 is 0 Å². The van der Waals surface area contributed by atoms with Crippen molar-refractivity contribution in [2.45, 2.75) is 57.7 Å². The fourth-order valence-electron chi connectivity index (χ4n) is 3.82. The van der Waals surface area contributed by atoms with E-state index in [1.165, 1.54) is 29.7 Å². The molecule has 0 aliphatic carbocycles. The molecule has 3 heteroatoms. The molecule has 0 radical (unpaired) electrons. The van der Waals surface area contributed by atoms with Crippen LogP contribution < -0.4 is 10.6 Å². The number of hydrogen-bond acceptors (Lipinski definition) is 2. The van der Waals surface area contributed by atoms with Gasteiger partial charge in [0.1, 0.15) is 0 Å². The summed E-state index contributed by atoms with van der Waals surface area (Å²) in [7, 11) is 0. The third kappa shape index (κ3) is 1.92. The van der Waals surface area contributed by atoms with E-state index in [2.05, 4.69) is 30.9 Å². The number of halogens is 1. The Labute approximate surface area is 114 Å². The lowest BCUT2D eigenvalue weighted by molar-refractivity contribution is 0.414. The highest BCUT2D eigenvalue weighted by Crippen LogP contribution is 2.43. The first-order valence-electron chi connectivity index (χ1n) is 6.87. The molecule has 2 aliphatic heterocycles. The van der Waals surface area contributed by atoms with Gasteiger partial charge in [-0.15, -0.1) is 0 Å². The van der Waals surface area contributed by atoms with Crippen molar-refractivity contribution in [1.29, 1.82) is 0 Å². The number of hydrogen-bond donors (Lipinski definition) is 1. The lowest BCUT2D eigenvalue weighted by Crippen LogP contribution is -2.47. The second kappa shape index (κ2) is 4.43. The summed E-state index contributed by atoms with van der Waals surface area (Å²) in [6.45, 7) is 4.27. The quantitative estimate of drug-likeness (QED) is 0.842. The predicted molar refractivity (Wildman–Crippen MR) is 77.4 cm³/mol. The molecule has 98 valence electrons. The minimum absolute atomic E-state index is 0.378. The molecule has 0 aromatic heterocycles. The molecule has 1 aromatic rings. The Morgan fingerprint density at radius 3 is 2.33 bits per heavy atom. The normalized spacial score (nSPS) is 30.9. The maximum Gasteiger partial charge on any atom is 0.0645 e. The maximum atomic E-state index is 6.49. The summed E-state index contributed by atoms with van der Waals surface area (Å²) in [6, 6.07) is 5.88. The Balaban J connectivity index is 2.01. The minimum atomic E-state index is 0.378. The lowest BCUT2D eigenvalue weighted by Gasteiger charge is -2.40. The van der Waals surface area contributed by atoms with Crippen LogP contribution >= 0.6 is 11.6 Å². The summed E-state index contributed by atoms with van der Waals surface area (Å²) >= 11 is 6.49. The van der Waals surface area contributed by atoms with Crippen LogP contribution in [0.1, 0.15) is 36.8 Å². The van der Waals surface area contributed by atoms with Gasteiger partial charge in [-0.25, -0.2) is 0 Å². The summed E-state index contributed by atoms with van der Waals surface area (Å²) in [5.74, 6) is 0. The Morgan fingerprint density at radius 2 is 1.78 bits per heavy atom. The molecule has 1 aromatic carbocycles. The number of piperidine rings is 1. The molecule has 0 amide bonds. The molecular formula is C15H21ClN2. The molecule has 2 aliphatic rings. The summed E-state index contributed by atoms with van der Waals surface area (Å²) < 4.78 is 0. The largest absolute Gasteiger partial charge is 0.364 e. The summed E-state index contributed by atoms with van der Waals surface area (Å²) in [5.41, 5.74) is 9.92. The molecule has 0 saturated carbocycles. The van der Waals surface area contributed by atoms with Gasteiger partial charge in [0.2, 0.25) is 0 Å². The number of fused-ring (bicyclic) bond motifs is 2. The Hall–Kier alpha value is -0.730. The molecule has 0 spiro atoms. The van der Waals surface area contributed by atoms with Crippen LogP contribution in [0.3, 0.4) is 0 Å². The van der Waals surface area contributed by atoms with Gasteiger partial charge in [0.25, 0.3) is 0 Å². The van der Waals surface area contributed by atoms with Crippen LogP contribution in [0.25, 0.3) is 0 Å². The molecule has 2 N–H and O–H groups in total. The van der Waals surface area contributed by atoms with Crippen molar-refractivity contribution < 1.29 is 0 Å². The van der Waals surface area contributed by atoms with Crippen molar-refractivity contribution in [3.8, 4) is 0 Å². The Morgan fingerprint density at radius 1 is 1.17 bits per heavy atom. The molecule has 2 saturated heterocycles. The van der Waals surface area contributed by atoms with Gasteiger partial charge in [0.05, 0.1) is 10.7 Å². The van der Waals surface area contributed by atoms with E-state index in [9.17, 15) is 0 Å². The molecule has 2 nitrogen and oxygen atoms in total. The van der Waals surface area contributed by atoms with Crippen LogP contribution in [0.4, 0.5) is 5.69 Å². The highest BCUT2D eigenvalue weighted by Gasteiger charge is 2.40. The highest BCUT2D eigenvalue weighted by molar-refractivity contribution is 6.33. The highest BCUT2D eigenvalue weighted by atomic mass is 35.5. The van der Waals surface area contributed by atoms with E-state index in [-0.39, 0.29) is 0 Å². The first-order chi connectivity index (χ1) is 8.56. The van der Waals surface area contributed by atoms with Crippen molar-refractivity contribution in [2.75, 3.05) is 4.90 Å². The van der Waals surface area contributed by atoms with Crippen LogP contribution in [0.15, 0.2) is 12.1 Å². The zero-order valence-electron chi connectivity index (χ0n) is 11.1. The zero-order chi connectivity index (χ0) is 12.9. The molecule has 3 rings (SSSR count). The second-order valence-electron chi connectivity index (χ2n) is 5.94. The van der Waals surface area contributed by atoms with Crippen molar-refractivity contribution >= 4 is 17.3 Å². The van der Waals surface area contributed by atoms with Crippen LogP contribution in [0.5, 0.6) is 0 Å². The van der Waals surface area contributed by atoms with Gasteiger partial charge >= 0.3 is 0 Å². The number of nitrogens with two attached hydrogens (primary N) is 1. The lowest BCUT2D eigenvalue weighted by atomic mass is 9.96. The van der Waals surface area contributed by atoms with E-state index in [4.69, 9.17) is 17.3 Å². The summed E-state index contributed by atoms with van der Waals surface area (Å²) in [5, 5.41) is 0.903. The SMILES string of the molecule is Cc1cc(C)c(N2C3CCC2CC(N)C3)c(Cl)c1. The minimum Gasteiger partial charge on any atom is -0.364 e. The molecule has 2 fully saturated rings. The van der Waals surface area contributed by atoms with Crippen molar-refractivity contribution in [1.82, 2.24) is 0 Å². The molecule has 2 heterocycles. The molecule has 2 bridgehead atoms. The van der Waals surface area contributed by atoms with Crippen molar-refractivity contribution in [3.05, 3.63) is 28.3 Å². The van der Waals surface area contributed by atoms with Gasteiger partial charge < -0.3 is 10.6 Å². The van der Waals surface area contributed by atoms with E-state index in [1.807, 2.05) is 0 Å². The number of aryl methyl sites for hydroxylation is 2. The fourth-order valence-corrected chi connectivity index (χ4v) is 4.24. The van der Waals surface area contributed by atoms with Crippen LogP contribution in [0.2, 0.25) is 5.02 Å². The van der Waals surface area contributed by atoms with Gasteiger partial charge in [-0.2, -0.15) is 0 Å². The summed E-state index contributed by atoms with van der Waals surface area (Å²) in [6.07, 6.45) is 4.75. The van der Waals surface area contributed by atoms with Gasteiger partial charge in [0.15, 0.2) is 0 Å². The van der Waals surface area contributed by atoms with Crippen molar-refractivity contribution in [3.63, 3.8) is 0 Å². The molecular weight excluding hydrogens is 244 g/mol. The van der Waals surface area contributed by atoms with E-state index in [0.29, 0.717) is 18.1 Å². The van der Waals surface area contributed by atoms with E-state index in [1.54, 1.807) is 0 Å². The second-order valence-corrected chi connectivity index (χ2v) is 6.34. The van der Waals surface area contributed by atoms with Gasteiger partial charge in [0, 0.05) is 18.1 Å². The molecule has 2 atom stereocenters. The van der Waals surface area contributed by atoms with Crippen molar-refractivity contribution in [2.24, 2.45) is 5.73 Å². The van der Waals surface area contributed by atoms with Crippen LogP contribution in [-0.2, 0) is 0 Å². The number of nitrogens with zero attached hydrogens (tertiary/aromatic N) is 1. The smallest absolute Gasteiger partial charge is 0.0645 e. The maximum absolute atomic E-state index is 6.49. The van der Waals surface area contributed by atoms with Gasteiger partial charge in [-0.05, 0) is 56.7 Å². The Bertz CT molecular complexity index is 435. The first kappa shape index (κ1) is 12.3. The fraction of sp³-hybridized carbons (Fsp3) is 0.600. The monoisotopic (exact) mass is 264 g/mol. The van der Waals surface area contributed by atoms with Gasteiger partial charge in [-0.3, -0.25) is 0 Å². The molecule has 2 unspecified atom stereocenters. The Kier molecular flexibility index (Phi) is 3.03. The zero-order valence-corrected chi connectivity index (χ0v) is 11.9. The van der Waals surface area contributed by atoms with Crippen LogP contribution in [-0.4, -0.2) is 18.1 Å².